The monoisotopic (exact) mass is 385 g/mol. The summed E-state index contributed by atoms with van der Waals surface area (Å²) in [5.74, 6) is 0.0124. The van der Waals surface area contributed by atoms with Gasteiger partial charge >= 0.3 is 0 Å². The number of hydrogen-bond acceptors (Lipinski definition) is 6. The Balaban J connectivity index is 1.94. The molecule has 5 nitrogen and oxygen atoms in total. The van der Waals surface area contributed by atoms with Crippen LogP contribution in [0.1, 0.15) is 22.8 Å². The number of carbonyl (C=O) groups is 2. The van der Waals surface area contributed by atoms with Crippen molar-refractivity contribution in [2.45, 2.75) is 6.92 Å². The smallest absolute Gasteiger partial charge is 0.270 e. The molecular formula is C19H15NO4S2. The number of carbonyl (C=O) groups excluding carboxylic acids is 2. The Kier molecular flexibility index (Phi) is 5.11. The number of methoxy groups -OCH3 is 1. The number of anilines is 1. The predicted octanol–water partition coefficient (Wildman–Crippen LogP) is 4.01. The van der Waals surface area contributed by atoms with Crippen LogP contribution in [0.15, 0.2) is 47.4 Å². The molecule has 2 aromatic rings. The number of phenolic OH excluding ortho intramolecular Hbond substituents is 1. The lowest BCUT2D eigenvalue weighted by Crippen LogP contribution is -2.27. The molecule has 1 saturated heterocycles. The Hall–Kier alpha value is -2.64. The van der Waals surface area contributed by atoms with E-state index in [2.05, 4.69) is 0 Å². The van der Waals surface area contributed by atoms with Crippen LogP contribution in [0.3, 0.4) is 0 Å². The van der Waals surface area contributed by atoms with Crippen LogP contribution in [0.4, 0.5) is 5.69 Å². The molecule has 0 aromatic heterocycles. The lowest BCUT2D eigenvalue weighted by molar-refractivity contribution is -0.113. The van der Waals surface area contributed by atoms with Gasteiger partial charge < -0.3 is 9.84 Å². The molecular weight excluding hydrogens is 370 g/mol. The molecule has 7 heteroatoms. The zero-order chi connectivity index (χ0) is 18.8. The topological polar surface area (TPSA) is 66.8 Å². The minimum absolute atomic E-state index is 0.0262. The molecule has 0 radical (unpaired) electrons. The number of Topliss-reactive ketones (excluding diaryl/α,β-unsaturated/α-hetero) is 1. The number of amides is 1. The molecule has 1 aliphatic heterocycles. The number of rotatable bonds is 4. The fourth-order valence-corrected chi connectivity index (χ4v) is 3.79. The number of hydrogen-bond donors (Lipinski definition) is 1. The summed E-state index contributed by atoms with van der Waals surface area (Å²) in [6.07, 6.45) is 1.69. The number of ketones is 1. The van der Waals surface area contributed by atoms with Gasteiger partial charge in [-0.15, -0.1) is 0 Å². The van der Waals surface area contributed by atoms with Crippen LogP contribution < -0.4 is 9.64 Å². The third-order valence-corrected chi connectivity index (χ3v) is 5.11. The standard InChI is InChI=1S/C19H15NO4S2/c1-11(21)13-4-3-5-14(10-13)20-18(23)17(26-19(20)25)9-12-6-7-15(22)16(8-12)24-2/h3-10,22H,1-2H3/b17-9-. The van der Waals surface area contributed by atoms with E-state index in [0.29, 0.717) is 31.8 Å². The van der Waals surface area contributed by atoms with E-state index in [1.54, 1.807) is 42.5 Å². The summed E-state index contributed by atoms with van der Waals surface area (Å²) in [4.78, 5) is 26.3. The molecule has 2 aromatic carbocycles. The van der Waals surface area contributed by atoms with Crippen molar-refractivity contribution in [1.29, 1.82) is 0 Å². The highest BCUT2D eigenvalue weighted by Crippen LogP contribution is 2.37. The second-order valence-corrected chi connectivity index (χ2v) is 7.23. The molecule has 1 heterocycles. The summed E-state index contributed by atoms with van der Waals surface area (Å²) >= 11 is 6.53. The van der Waals surface area contributed by atoms with Gasteiger partial charge in [0.25, 0.3) is 5.91 Å². The van der Waals surface area contributed by atoms with Crippen molar-refractivity contribution in [2.24, 2.45) is 0 Å². The van der Waals surface area contributed by atoms with E-state index in [0.717, 1.165) is 0 Å². The maximum atomic E-state index is 12.8. The minimum atomic E-state index is -0.257. The van der Waals surface area contributed by atoms with Crippen molar-refractivity contribution in [3.8, 4) is 11.5 Å². The number of ether oxygens (including phenoxy) is 1. The van der Waals surface area contributed by atoms with E-state index >= 15 is 0 Å². The molecule has 0 unspecified atom stereocenters. The molecule has 0 aliphatic carbocycles. The third-order valence-electron chi connectivity index (χ3n) is 3.81. The lowest BCUT2D eigenvalue weighted by atomic mass is 10.1. The summed E-state index contributed by atoms with van der Waals surface area (Å²) in [5, 5.41) is 9.68. The number of thiocarbonyl (C=S) groups is 1. The van der Waals surface area contributed by atoms with Crippen LogP contribution in [0, 0.1) is 0 Å². The minimum Gasteiger partial charge on any atom is -0.504 e. The van der Waals surface area contributed by atoms with Gasteiger partial charge in [0.05, 0.1) is 17.7 Å². The number of nitrogens with zero attached hydrogens (tertiary/aromatic N) is 1. The zero-order valence-corrected chi connectivity index (χ0v) is 15.7. The SMILES string of the molecule is COc1cc(/C=C2\SC(=S)N(c3cccc(C(C)=O)c3)C2=O)ccc1O. The highest BCUT2D eigenvalue weighted by molar-refractivity contribution is 8.27. The summed E-state index contributed by atoms with van der Waals surface area (Å²) in [5.41, 5.74) is 1.79. The maximum absolute atomic E-state index is 12.8. The molecule has 0 atom stereocenters. The van der Waals surface area contributed by atoms with E-state index < -0.39 is 0 Å². The van der Waals surface area contributed by atoms with Gasteiger partial charge in [0, 0.05) is 5.56 Å². The first kappa shape index (κ1) is 18.2. The molecule has 0 bridgehead atoms. The van der Waals surface area contributed by atoms with E-state index in [1.807, 2.05) is 0 Å². The van der Waals surface area contributed by atoms with Crippen LogP contribution in [-0.2, 0) is 4.79 Å². The second-order valence-electron chi connectivity index (χ2n) is 5.55. The molecule has 1 N–H and O–H groups in total. The average Bonchev–Trinajstić information content (AvgIpc) is 2.90. The van der Waals surface area contributed by atoms with Crippen LogP contribution in [0.25, 0.3) is 6.08 Å². The Morgan fingerprint density at radius 2 is 2.04 bits per heavy atom. The predicted molar refractivity (Wildman–Crippen MR) is 107 cm³/mol. The van der Waals surface area contributed by atoms with Crippen LogP contribution in [-0.4, -0.2) is 28.2 Å². The normalized spacial score (nSPS) is 15.6. The van der Waals surface area contributed by atoms with Gasteiger partial charge in [-0.1, -0.05) is 42.2 Å². The molecule has 0 saturated carbocycles. The largest absolute Gasteiger partial charge is 0.504 e. The Morgan fingerprint density at radius 1 is 1.27 bits per heavy atom. The van der Waals surface area contributed by atoms with Gasteiger partial charge in [-0.25, -0.2) is 0 Å². The van der Waals surface area contributed by atoms with E-state index in [1.165, 1.54) is 36.8 Å². The summed E-state index contributed by atoms with van der Waals surface area (Å²) in [6.45, 7) is 1.47. The van der Waals surface area contributed by atoms with E-state index in [4.69, 9.17) is 17.0 Å². The molecule has 1 fully saturated rings. The molecule has 1 aliphatic rings. The third kappa shape index (κ3) is 3.49. The van der Waals surface area contributed by atoms with Crippen LogP contribution >= 0.6 is 24.0 Å². The molecule has 26 heavy (non-hydrogen) atoms. The first-order valence-electron chi connectivity index (χ1n) is 7.66. The summed E-state index contributed by atoms with van der Waals surface area (Å²) in [7, 11) is 1.46. The molecule has 3 rings (SSSR count). The summed E-state index contributed by atoms with van der Waals surface area (Å²) < 4.78 is 5.48. The molecule has 0 spiro atoms. The average molecular weight is 385 g/mol. The summed E-state index contributed by atoms with van der Waals surface area (Å²) in [6, 6.07) is 11.6. The van der Waals surface area contributed by atoms with Gasteiger partial charge in [-0.05, 0) is 42.8 Å². The second kappa shape index (κ2) is 7.31. The van der Waals surface area contributed by atoms with Gasteiger partial charge in [0.15, 0.2) is 21.6 Å². The van der Waals surface area contributed by atoms with Crippen molar-refractivity contribution in [1.82, 2.24) is 0 Å². The first-order valence-corrected chi connectivity index (χ1v) is 8.89. The number of thioether (sulfide) groups is 1. The van der Waals surface area contributed by atoms with Gasteiger partial charge in [0.2, 0.25) is 0 Å². The van der Waals surface area contributed by atoms with Crippen LogP contribution in [0.5, 0.6) is 11.5 Å². The first-order chi connectivity index (χ1) is 12.4. The fourth-order valence-electron chi connectivity index (χ4n) is 2.49. The van der Waals surface area contributed by atoms with Gasteiger partial charge in [0.1, 0.15) is 0 Å². The van der Waals surface area contributed by atoms with Crippen molar-refractivity contribution < 1.29 is 19.4 Å². The zero-order valence-electron chi connectivity index (χ0n) is 14.1. The van der Waals surface area contributed by atoms with Crippen molar-refractivity contribution >= 4 is 51.8 Å². The van der Waals surface area contributed by atoms with Crippen molar-refractivity contribution in [2.75, 3.05) is 12.0 Å². The van der Waals surface area contributed by atoms with E-state index in [-0.39, 0.29) is 17.4 Å². The van der Waals surface area contributed by atoms with Crippen LogP contribution in [0.2, 0.25) is 0 Å². The Morgan fingerprint density at radius 3 is 2.73 bits per heavy atom. The Labute approximate surface area is 160 Å². The van der Waals surface area contributed by atoms with Crippen molar-refractivity contribution in [3.63, 3.8) is 0 Å². The Bertz CT molecular complexity index is 952. The molecule has 132 valence electrons. The highest BCUT2D eigenvalue weighted by atomic mass is 32.2. The highest BCUT2D eigenvalue weighted by Gasteiger charge is 2.33. The number of phenols is 1. The van der Waals surface area contributed by atoms with E-state index in [9.17, 15) is 14.7 Å². The van der Waals surface area contributed by atoms with Crippen molar-refractivity contribution in [3.05, 3.63) is 58.5 Å². The maximum Gasteiger partial charge on any atom is 0.270 e. The number of benzene rings is 2. The quantitative estimate of drug-likeness (QED) is 0.487. The molecule has 1 amide bonds. The van der Waals surface area contributed by atoms with Gasteiger partial charge in [-0.2, -0.15) is 0 Å². The van der Waals surface area contributed by atoms with Gasteiger partial charge in [-0.3, -0.25) is 14.5 Å². The number of aromatic hydroxyl groups is 1. The lowest BCUT2D eigenvalue weighted by Gasteiger charge is -2.15. The fraction of sp³-hybridized carbons (Fsp3) is 0.105.